The van der Waals surface area contributed by atoms with Crippen LogP contribution >= 0.6 is 0 Å². The molecular weight excluding hydrogens is 450 g/mol. The predicted octanol–water partition coefficient (Wildman–Crippen LogP) is 2.78. The second-order valence-corrected chi connectivity index (χ2v) is 8.75. The molecule has 0 unspecified atom stereocenters. The number of nitriles is 1. The Labute approximate surface area is 201 Å². The molecule has 2 aliphatic heterocycles. The topological polar surface area (TPSA) is 137 Å². The Hall–Kier alpha value is -4.04. The van der Waals surface area contributed by atoms with Crippen LogP contribution < -0.4 is 20.1 Å². The molecule has 0 atom stereocenters. The first-order valence-electron chi connectivity index (χ1n) is 11.8. The molecule has 0 radical (unpaired) electrons. The molecule has 1 aliphatic carbocycles. The van der Waals surface area contributed by atoms with Gasteiger partial charge in [-0.25, -0.2) is 0 Å². The smallest absolute Gasteiger partial charge is 0.257 e. The number of nitrogens with one attached hydrogen (secondary N) is 3. The van der Waals surface area contributed by atoms with Gasteiger partial charge in [0.2, 0.25) is 5.95 Å². The molecule has 3 N–H and O–H groups in total. The minimum absolute atomic E-state index is 0.110. The van der Waals surface area contributed by atoms with Gasteiger partial charge in [-0.3, -0.25) is 4.79 Å². The Morgan fingerprint density at radius 3 is 2.66 bits per heavy atom. The van der Waals surface area contributed by atoms with Crippen LogP contribution in [-0.2, 0) is 4.74 Å². The molecule has 11 nitrogen and oxygen atoms in total. The molecule has 1 amide bonds. The average Bonchev–Trinajstić information content (AvgIpc) is 3.30. The number of ether oxygens (including phenoxy) is 3. The fourth-order valence-electron chi connectivity index (χ4n) is 4.49. The number of aromatic nitrogens is 3. The summed E-state index contributed by atoms with van der Waals surface area (Å²) < 4.78 is 17.2. The van der Waals surface area contributed by atoms with Gasteiger partial charge in [0.25, 0.3) is 5.91 Å². The third-order valence-corrected chi connectivity index (χ3v) is 6.56. The quantitative estimate of drug-likeness (QED) is 0.508. The van der Waals surface area contributed by atoms with E-state index >= 15 is 0 Å². The summed E-state index contributed by atoms with van der Waals surface area (Å²) in [7, 11) is 0. The summed E-state index contributed by atoms with van der Waals surface area (Å²) >= 11 is 0. The van der Waals surface area contributed by atoms with E-state index in [-0.39, 0.29) is 5.91 Å². The van der Waals surface area contributed by atoms with Gasteiger partial charge in [-0.15, -0.1) is 0 Å². The number of amides is 1. The number of carbonyl (C=O) groups excluding carboxylic acids is 1. The first-order valence-corrected chi connectivity index (χ1v) is 11.8. The zero-order valence-corrected chi connectivity index (χ0v) is 19.1. The number of carbonyl (C=O) groups is 1. The molecule has 35 heavy (non-hydrogen) atoms. The van der Waals surface area contributed by atoms with Crippen LogP contribution in [0.1, 0.15) is 35.2 Å². The number of fused-ring (bicyclic) bond motifs is 2. The molecule has 3 aliphatic rings. The van der Waals surface area contributed by atoms with E-state index in [9.17, 15) is 10.1 Å². The van der Waals surface area contributed by atoms with Crippen molar-refractivity contribution in [3.63, 3.8) is 0 Å². The van der Waals surface area contributed by atoms with Crippen molar-refractivity contribution in [2.45, 2.75) is 25.3 Å². The van der Waals surface area contributed by atoms with Gasteiger partial charge in [-0.1, -0.05) is 0 Å². The number of nitrogens with zero attached hydrogens (tertiary/aromatic N) is 4. The largest absolute Gasteiger partial charge is 0.485 e. The zero-order chi connectivity index (χ0) is 23.8. The molecule has 11 heteroatoms. The van der Waals surface area contributed by atoms with E-state index in [1.807, 2.05) is 0 Å². The van der Waals surface area contributed by atoms with Crippen molar-refractivity contribution in [2.75, 3.05) is 50.2 Å². The van der Waals surface area contributed by atoms with Crippen LogP contribution in [0.15, 0.2) is 18.3 Å². The molecule has 0 bridgehead atoms. The molecule has 0 spiro atoms. The van der Waals surface area contributed by atoms with Gasteiger partial charge >= 0.3 is 0 Å². The van der Waals surface area contributed by atoms with E-state index in [1.54, 1.807) is 23.2 Å². The molecular formula is C24H25N7O4. The standard InChI is InChI=1S/C24H25N7O4/c25-12-14-13-26-21-18(14)22(27-15-2-1-3-15)30-24(29-21)28-17-5-4-16(19-20(17)35-11-10-34-19)23(32)31-6-8-33-9-7-31/h4-5,13,15H,1-3,6-11H2,(H3,26,27,28,29,30). The van der Waals surface area contributed by atoms with E-state index in [1.165, 1.54) is 6.42 Å². The first-order chi connectivity index (χ1) is 17.2. The Morgan fingerprint density at radius 1 is 1.11 bits per heavy atom. The van der Waals surface area contributed by atoms with Gasteiger partial charge in [0.1, 0.15) is 30.7 Å². The van der Waals surface area contributed by atoms with Crippen LogP contribution in [0.5, 0.6) is 11.5 Å². The lowest BCUT2D eigenvalue weighted by atomic mass is 9.93. The number of rotatable bonds is 5. The maximum atomic E-state index is 13.2. The maximum Gasteiger partial charge on any atom is 0.257 e. The van der Waals surface area contributed by atoms with Gasteiger partial charge in [0.05, 0.1) is 35.4 Å². The van der Waals surface area contributed by atoms with Crippen molar-refractivity contribution in [2.24, 2.45) is 0 Å². The summed E-state index contributed by atoms with van der Waals surface area (Å²) in [4.78, 5) is 27.2. The second kappa shape index (κ2) is 8.96. The van der Waals surface area contributed by atoms with E-state index in [2.05, 4.69) is 31.7 Å². The van der Waals surface area contributed by atoms with Crippen molar-refractivity contribution < 1.29 is 19.0 Å². The fourth-order valence-corrected chi connectivity index (χ4v) is 4.49. The summed E-state index contributed by atoms with van der Waals surface area (Å²) in [5.74, 6) is 1.72. The molecule has 3 aromatic rings. The van der Waals surface area contributed by atoms with Crippen LogP contribution in [0.2, 0.25) is 0 Å². The third-order valence-electron chi connectivity index (χ3n) is 6.56. The average molecular weight is 476 g/mol. The van der Waals surface area contributed by atoms with Gasteiger partial charge in [0.15, 0.2) is 11.5 Å². The van der Waals surface area contributed by atoms with Crippen LogP contribution in [0.4, 0.5) is 17.5 Å². The molecule has 1 saturated heterocycles. The second-order valence-electron chi connectivity index (χ2n) is 8.75. The molecule has 6 rings (SSSR count). The highest BCUT2D eigenvalue weighted by atomic mass is 16.6. The summed E-state index contributed by atoms with van der Waals surface area (Å²) in [5, 5.41) is 16.9. The van der Waals surface area contributed by atoms with Crippen molar-refractivity contribution in [1.82, 2.24) is 19.9 Å². The van der Waals surface area contributed by atoms with Gasteiger partial charge < -0.3 is 34.7 Å². The Kier molecular flexibility index (Phi) is 5.50. The number of benzene rings is 1. The van der Waals surface area contributed by atoms with Crippen LogP contribution in [0.3, 0.4) is 0 Å². The maximum absolute atomic E-state index is 13.2. The van der Waals surface area contributed by atoms with Gasteiger partial charge in [0, 0.05) is 25.3 Å². The Morgan fingerprint density at radius 2 is 1.91 bits per heavy atom. The van der Waals surface area contributed by atoms with Gasteiger partial charge in [-0.2, -0.15) is 15.2 Å². The molecule has 1 saturated carbocycles. The van der Waals surface area contributed by atoms with Crippen molar-refractivity contribution in [3.8, 4) is 17.6 Å². The van der Waals surface area contributed by atoms with Crippen LogP contribution in [-0.4, -0.2) is 71.3 Å². The highest BCUT2D eigenvalue weighted by molar-refractivity contribution is 5.99. The highest BCUT2D eigenvalue weighted by Crippen LogP contribution is 2.42. The monoisotopic (exact) mass is 475 g/mol. The number of H-pyrrole nitrogens is 1. The molecule has 4 heterocycles. The molecule has 2 fully saturated rings. The third kappa shape index (κ3) is 3.95. The number of anilines is 3. The minimum Gasteiger partial charge on any atom is -0.485 e. The lowest BCUT2D eigenvalue weighted by Gasteiger charge is -2.29. The summed E-state index contributed by atoms with van der Waals surface area (Å²) in [6, 6.07) is 6.05. The summed E-state index contributed by atoms with van der Waals surface area (Å²) in [5.41, 5.74) is 2.11. The lowest BCUT2D eigenvalue weighted by molar-refractivity contribution is 0.0298. The van der Waals surface area contributed by atoms with E-state index in [0.717, 1.165) is 12.8 Å². The number of aromatic amines is 1. The van der Waals surface area contributed by atoms with Gasteiger partial charge in [-0.05, 0) is 31.4 Å². The van der Waals surface area contributed by atoms with E-state index in [4.69, 9.17) is 14.2 Å². The fraction of sp³-hybridized carbons (Fsp3) is 0.417. The van der Waals surface area contributed by atoms with Crippen molar-refractivity contribution >= 4 is 34.4 Å². The molecule has 2 aromatic heterocycles. The lowest BCUT2D eigenvalue weighted by Crippen LogP contribution is -2.41. The van der Waals surface area contributed by atoms with Crippen LogP contribution in [0.25, 0.3) is 11.0 Å². The number of hydrogen-bond donors (Lipinski definition) is 3. The predicted molar refractivity (Wildman–Crippen MR) is 127 cm³/mol. The molecule has 180 valence electrons. The Balaban J connectivity index is 1.35. The summed E-state index contributed by atoms with van der Waals surface area (Å²) in [6.07, 6.45) is 4.95. The minimum atomic E-state index is -0.110. The highest BCUT2D eigenvalue weighted by Gasteiger charge is 2.28. The summed E-state index contributed by atoms with van der Waals surface area (Å²) in [6.45, 7) is 2.85. The Bertz CT molecular complexity index is 1320. The number of hydrogen-bond acceptors (Lipinski definition) is 9. The number of morpholine rings is 1. The van der Waals surface area contributed by atoms with Crippen LogP contribution in [0, 0.1) is 11.3 Å². The normalized spacial score (nSPS) is 17.5. The first kappa shape index (κ1) is 21.5. The van der Waals surface area contributed by atoms with Crippen molar-refractivity contribution in [1.29, 1.82) is 5.26 Å². The zero-order valence-electron chi connectivity index (χ0n) is 19.1. The molecule has 1 aromatic carbocycles. The van der Waals surface area contributed by atoms with E-state index < -0.39 is 0 Å². The van der Waals surface area contributed by atoms with Crippen molar-refractivity contribution in [3.05, 3.63) is 29.5 Å². The van der Waals surface area contributed by atoms with E-state index in [0.29, 0.717) is 96.7 Å². The SMILES string of the molecule is N#Cc1c[nH]c2nc(Nc3ccc(C(=O)N4CCOCC4)c4c3OCCO4)nc(NC3CCC3)c12.